The third kappa shape index (κ3) is 1.61. The second-order valence-corrected chi connectivity index (χ2v) is 4.34. The van der Waals surface area contributed by atoms with Crippen LogP contribution < -0.4 is 16.1 Å². The first-order valence-electron chi connectivity index (χ1n) is 5.56. The first-order valence-corrected chi connectivity index (χ1v) is 5.56. The number of aliphatic hydroxyl groups excluding tert-OH is 2. The third-order valence-corrected chi connectivity index (χ3v) is 3.13. The molecule has 19 heavy (non-hydrogen) atoms. The lowest BCUT2D eigenvalue weighted by Crippen LogP contribution is -2.46. The number of hydrogen-bond acceptors (Lipinski definition) is 6. The first-order chi connectivity index (χ1) is 8.99. The molecule has 0 bridgehead atoms. The molecule has 0 fully saturated rings. The molecule has 0 spiro atoms. The number of aliphatic hydroxyl groups is 2. The van der Waals surface area contributed by atoms with Crippen LogP contribution in [0, 0.1) is 0 Å². The van der Waals surface area contributed by atoms with Crippen molar-refractivity contribution >= 4 is 23.1 Å². The molecule has 2 aromatic rings. The number of phenols is 2. The van der Waals surface area contributed by atoms with Crippen LogP contribution in [-0.4, -0.2) is 32.6 Å². The summed E-state index contributed by atoms with van der Waals surface area (Å²) in [7, 11) is 0. The largest absolute Gasteiger partial charge is 0.504 e. The molecule has 0 saturated carbocycles. The summed E-state index contributed by atoms with van der Waals surface area (Å²) < 4.78 is 4.95. The van der Waals surface area contributed by atoms with Crippen LogP contribution in [0.1, 0.15) is 0 Å². The van der Waals surface area contributed by atoms with Gasteiger partial charge < -0.3 is 24.8 Å². The van der Waals surface area contributed by atoms with E-state index in [0.717, 1.165) is 0 Å². The van der Waals surface area contributed by atoms with Crippen molar-refractivity contribution in [3.63, 3.8) is 0 Å². The highest BCUT2D eigenvalue weighted by atomic mass is 16.4. The number of phenolic OH excluding ortho intramolecular Hbond substituents is 2. The Labute approximate surface area is 105 Å². The number of rotatable bonds is 0. The molecule has 6 nitrogen and oxygen atoms in total. The lowest BCUT2D eigenvalue weighted by molar-refractivity contribution is 0.0992. The molecule has 1 heterocycles. The average molecular weight is 262 g/mol. The molecule has 98 valence electrons. The van der Waals surface area contributed by atoms with Gasteiger partial charge in [0.25, 0.3) is 0 Å². The van der Waals surface area contributed by atoms with E-state index >= 15 is 0 Å². The second-order valence-electron chi connectivity index (χ2n) is 4.34. The maximum atomic E-state index is 11.8. The lowest BCUT2D eigenvalue weighted by atomic mass is 10.0. The molecule has 0 amide bonds. The van der Waals surface area contributed by atoms with E-state index in [1.165, 1.54) is 24.3 Å². The molecule has 0 saturated heterocycles. The molecule has 0 radical (unpaired) electrons. The van der Waals surface area contributed by atoms with E-state index in [0.29, 0.717) is 10.6 Å². The van der Waals surface area contributed by atoms with Crippen LogP contribution in [-0.2, 0) is 0 Å². The molecule has 0 aliphatic heterocycles. The van der Waals surface area contributed by atoms with Gasteiger partial charge in [0.2, 0.25) is 5.75 Å². The van der Waals surface area contributed by atoms with Crippen molar-refractivity contribution in [3.05, 3.63) is 33.0 Å². The van der Waals surface area contributed by atoms with Crippen LogP contribution in [0.5, 0.6) is 11.5 Å². The predicted octanol–water partition coefficient (Wildman–Crippen LogP) is -1.50. The molecule has 2 atom stereocenters. The fourth-order valence-corrected chi connectivity index (χ4v) is 2.15. The van der Waals surface area contributed by atoms with Crippen molar-refractivity contribution in [3.8, 4) is 11.5 Å². The van der Waals surface area contributed by atoms with Gasteiger partial charge in [-0.15, -0.1) is 0 Å². The van der Waals surface area contributed by atoms with E-state index in [1.54, 1.807) is 0 Å². The third-order valence-electron chi connectivity index (χ3n) is 3.13. The van der Waals surface area contributed by atoms with Crippen LogP contribution >= 0.6 is 0 Å². The molecule has 1 aliphatic rings. The van der Waals surface area contributed by atoms with Gasteiger partial charge in [0.15, 0.2) is 11.3 Å². The fraction of sp³-hybridized carbons (Fsp3) is 0.154. The van der Waals surface area contributed by atoms with Crippen molar-refractivity contribution in [2.75, 3.05) is 0 Å². The van der Waals surface area contributed by atoms with Crippen molar-refractivity contribution in [2.45, 2.75) is 12.2 Å². The minimum atomic E-state index is -1.18. The van der Waals surface area contributed by atoms with E-state index in [-0.39, 0.29) is 10.8 Å². The number of fused-ring (bicyclic) bond motifs is 3. The lowest BCUT2D eigenvalue weighted by Gasteiger charge is -2.14. The highest BCUT2D eigenvalue weighted by Gasteiger charge is 2.19. The van der Waals surface area contributed by atoms with Gasteiger partial charge in [-0.25, -0.2) is 4.79 Å². The zero-order valence-corrected chi connectivity index (χ0v) is 9.57. The van der Waals surface area contributed by atoms with Gasteiger partial charge in [0.1, 0.15) is 12.2 Å². The predicted molar refractivity (Wildman–Crippen MR) is 66.0 cm³/mol. The molecule has 4 N–H and O–H groups in total. The molecule has 6 heteroatoms. The van der Waals surface area contributed by atoms with Crippen molar-refractivity contribution in [1.29, 1.82) is 0 Å². The average Bonchev–Trinajstić information content (AvgIpc) is 2.37. The highest BCUT2D eigenvalue weighted by molar-refractivity contribution is 5.86. The zero-order chi connectivity index (χ0) is 13.7. The SMILES string of the molecule is O=c1oc2c(O)c(O)ccc2c2c1=CC(O)C(O)C=2. The molecule has 2 unspecified atom stereocenters. The maximum Gasteiger partial charge on any atom is 0.344 e. The summed E-state index contributed by atoms with van der Waals surface area (Å²) in [6.07, 6.45) is 0.192. The van der Waals surface area contributed by atoms with E-state index in [4.69, 9.17) is 4.42 Å². The van der Waals surface area contributed by atoms with E-state index in [1.807, 2.05) is 0 Å². The van der Waals surface area contributed by atoms with Crippen LogP contribution in [0.25, 0.3) is 23.1 Å². The summed E-state index contributed by atoms with van der Waals surface area (Å²) in [6, 6.07) is 2.71. The zero-order valence-electron chi connectivity index (χ0n) is 9.57. The second kappa shape index (κ2) is 3.84. The maximum absolute atomic E-state index is 11.8. The Bertz CT molecular complexity index is 848. The van der Waals surface area contributed by atoms with Gasteiger partial charge in [-0.1, -0.05) is 0 Å². The van der Waals surface area contributed by atoms with Crippen LogP contribution in [0.15, 0.2) is 21.3 Å². The Kier molecular flexibility index (Phi) is 2.38. The van der Waals surface area contributed by atoms with Gasteiger partial charge in [0.05, 0.1) is 5.22 Å². The molecule has 3 rings (SSSR count). The summed E-state index contributed by atoms with van der Waals surface area (Å²) in [5.74, 6) is -0.942. The summed E-state index contributed by atoms with van der Waals surface area (Å²) in [6.45, 7) is 0. The molecule has 1 aromatic carbocycles. The van der Waals surface area contributed by atoms with E-state index in [9.17, 15) is 25.2 Å². The van der Waals surface area contributed by atoms with Gasteiger partial charge in [-0.05, 0) is 29.5 Å². The van der Waals surface area contributed by atoms with E-state index in [2.05, 4.69) is 0 Å². The summed E-state index contributed by atoms with van der Waals surface area (Å²) in [5, 5.41) is 39.0. The smallest absolute Gasteiger partial charge is 0.344 e. The van der Waals surface area contributed by atoms with Gasteiger partial charge >= 0.3 is 5.63 Å². The Morgan fingerprint density at radius 2 is 1.63 bits per heavy atom. The topological polar surface area (TPSA) is 111 Å². The van der Waals surface area contributed by atoms with Crippen LogP contribution in [0.4, 0.5) is 0 Å². The van der Waals surface area contributed by atoms with Crippen LogP contribution in [0.2, 0.25) is 0 Å². The van der Waals surface area contributed by atoms with Gasteiger partial charge in [-0.3, -0.25) is 0 Å². The quantitative estimate of drug-likeness (QED) is 0.340. The standard InChI is InChI=1S/C13H10O6/c14-8-2-1-5-6-3-9(15)10(16)4-7(6)13(18)19-12(5)11(8)17/h1-4,9-10,14-17H. The Hall–Kier alpha value is -2.31. The Morgan fingerprint density at radius 3 is 2.32 bits per heavy atom. The Morgan fingerprint density at radius 1 is 1.00 bits per heavy atom. The minimum absolute atomic E-state index is 0.121. The van der Waals surface area contributed by atoms with Crippen molar-refractivity contribution in [2.24, 2.45) is 0 Å². The van der Waals surface area contributed by atoms with Gasteiger partial charge in [0, 0.05) is 5.39 Å². The highest BCUT2D eigenvalue weighted by Crippen LogP contribution is 2.30. The first kappa shape index (κ1) is 11.8. The number of benzene rings is 1. The summed E-state index contributed by atoms with van der Waals surface area (Å²) in [5.41, 5.74) is -0.914. The monoisotopic (exact) mass is 262 g/mol. The molecule has 1 aliphatic carbocycles. The van der Waals surface area contributed by atoms with Crippen LogP contribution in [0.3, 0.4) is 0 Å². The van der Waals surface area contributed by atoms with Crippen molar-refractivity contribution in [1.82, 2.24) is 0 Å². The summed E-state index contributed by atoms with van der Waals surface area (Å²) in [4.78, 5) is 11.8. The molecule has 1 aromatic heterocycles. The van der Waals surface area contributed by atoms with Crippen molar-refractivity contribution < 1.29 is 24.8 Å². The van der Waals surface area contributed by atoms with Gasteiger partial charge in [-0.2, -0.15) is 0 Å². The Balaban J connectivity index is 2.60. The fourth-order valence-electron chi connectivity index (χ4n) is 2.15. The normalized spacial score (nSPS) is 21.6. The van der Waals surface area contributed by atoms with E-state index < -0.39 is 29.3 Å². The molecular formula is C13H10O6. The summed E-state index contributed by atoms with van der Waals surface area (Å²) >= 11 is 0. The minimum Gasteiger partial charge on any atom is -0.504 e. The molecular weight excluding hydrogens is 252 g/mol. The number of aromatic hydroxyl groups is 2. The number of hydrogen-bond donors (Lipinski definition) is 4.